The Bertz CT molecular complexity index is 525. The van der Waals surface area contributed by atoms with Gasteiger partial charge in [-0.25, -0.2) is 0 Å². The molecule has 6 nitrogen and oxygen atoms in total. The molecule has 0 aromatic carbocycles. The van der Waals surface area contributed by atoms with Gasteiger partial charge in [-0.15, -0.1) is 0 Å². The van der Waals surface area contributed by atoms with Crippen LogP contribution in [0.15, 0.2) is 18.3 Å². The van der Waals surface area contributed by atoms with Crippen molar-refractivity contribution in [2.45, 2.75) is 38.8 Å². The standard InChI is InChI=1S/C14H19N3O3/c1-4-11(18)10-6-5-9(7-15-10)17-8-12(19)16-13(20)14(17,2)3/h5-7,11,18H,4,8H2,1-3H3,(H,16,19,20)/t11-/m0/s1. The fourth-order valence-corrected chi connectivity index (χ4v) is 2.16. The van der Waals surface area contributed by atoms with Crippen LogP contribution in [0.4, 0.5) is 5.69 Å². The molecule has 1 aliphatic rings. The quantitative estimate of drug-likeness (QED) is 0.797. The summed E-state index contributed by atoms with van der Waals surface area (Å²) in [6.45, 7) is 5.49. The van der Waals surface area contributed by atoms with E-state index in [2.05, 4.69) is 10.3 Å². The summed E-state index contributed by atoms with van der Waals surface area (Å²) in [5, 5.41) is 12.1. The van der Waals surface area contributed by atoms with Crippen molar-refractivity contribution in [1.29, 1.82) is 0 Å². The average Bonchev–Trinajstić information content (AvgIpc) is 2.42. The molecule has 0 aliphatic carbocycles. The molecular formula is C14H19N3O3. The van der Waals surface area contributed by atoms with Gasteiger partial charge in [0.05, 0.1) is 30.2 Å². The number of nitrogens with zero attached hydrogens (tertiary/aromatic N) is 2. The SMILES string of the molecule is CC[C@H](O)c1ccc(N2CC(=O)NC(=O)C2(C)C)cn1. The first kappa shape index (κ1) is 14.5. The lowest BCUT2D eigenvalue weighted by atomic mass is 9.98. The van der Waals surface area contributed by atoms with E-state index in [1.165, 1.54) is 0 Å². The second-order valence-electron chi connectivity index (χ2n) is 5.39. The Kier molecular flexibility index (Phi) is 3.76. The van der Waals surface area contributed by atoms with Crippen LogP contribution in [-0.2, 0) is 9.59 Å². The van der Waals surface area contributed by atoms with Crippen LogP contribution in [0.1, 0.15) is 39.0 Å². The van der Waals surface area contributed by atoms with Gasteiger partial charge in [0.15, 0.2) is 0 Å². The number of nitrogens with one attached hydrogen (secondary N) is 1. The Morgan fingerprint density at radius 3 is 2.70 bits per heavy atom. The molecule has 1 atom stereocenters. The van der Waals surface area contributed by atoms with Crippen LogP contribution < -0.4 is 10.2 Å². The number of hydrogen-bond donors (Lipinski definition) is 2. The normalized spacial score (nSPS) is 19.7. The first-order chi connectivity index (χ1) is 9.36. The van der Waals surface area contributed by atoms with E-state index in [-0.39, 0.29) is 18.4 Å². The number of aromatic nitrogens is 1. The maximum atomic E-state index is 11.9. The highest BCUT2D eigenvalue weighted by Gasteiger charge is 2.41. The summed E-state index contributed by atoms with van der Waals surface area (Å²) in [7, 11) is 0. The number of imide groups is 1. The lowest BCUT2D eigenvalue weighted by molar-refractivity contribution is -0.135. The van der Waals surface area contributed by atoms with Crippen LogP contribution in [0.2, 0.25) is 0 Å². The van der Waals surface area contributed by atoms with Crippen LogP contribution in [0, 0.1) is 0 Å². The molecule has 1 aromatic rings. The van der Waals surface area contributed by atoms with Crippen molar-refractivity contribution >= 4 is 17.5 Å². The third-order valence-electron chi connectivity index (χ3n) is 3.60. The van der Waals surface area contributed by atoms with Gasteiger partial charge in [0.2, 0.25) is 5.91 Å². The number of carbonyl (C=O) groups is 2. The van der Waals surface area contributed by atoms with Crippen molar-refractivity contribution < 1.29 is 14.7 Å². The molecule has 1 fully saturated rings. The van der Waals surface area contributed by atoms with Gasteiger partial charge in [-0.3, -0.25) is 19.9 Å². The van der Waals surface area contributed by atoms with Gasteiger partial charge in [-0.05, 0) is 32.4 Å². The summed E-state index contributed by atoms with van der Waals surface area (Å²) < 4.78 is 0. The van der Waals surface area contributed by atoms with E-state index in [0.717, 1.165) is 0 Å². The Balaban J connectivity index is 2.30. The highest BCUT2D eigenvalue weighted by Crippen LogP contribution is 2.26. The number of rotatable bonds is 3. The van der Waals surface area contributed by atoms with Crippen molar-refractivity contribution in [1.82, 2.24) is 10.3 Å². The maximum absolute atomic E-state index is 11.9. The monoisotopic (exact) mass is 277 g/mol. The number of aliphatic hydroxyl groups excluding tert-OH is 1. The van der Waals surface area contributed by atoms with Crippen LogP contribution >= 0.6 is 0 Å². The molecule has 0 bridgehead atoms. The number of anilines is 1. The predicted molar refractivity (Wildman–Crippen MR) is 74.1 cm³/mol. The summed E-state index contributed by atoms with van der Waals surface area (Å²) in [5.41, 5.74) is 0.451. The van der Waals surface area contributed by atoms with E-state index in [4.69, 9.17) is 0 Å². The van der Waals surface area contributed by atoms with Crippen LogP contribution in [0.25, 0.3) is 0 Å². The molecule has 2 rings (SSSR count). The largest absolute Gasteiger partial charge is 0.387 e. The summed E-state index contributed by atoms with van der Waals surface area (Å²) >= 11 is 0. The smallest absolute Gasteiger partial charge is 0.251 e. The molecule has 2 N–H and O–H groups in total. The number of pyridine rings is 1. The maximum Gasteiger partial charge on any atom is 0.251 e. The fraction of sp³-hybridized carbons (Fsp3) is 0.500. The van der Waals surface area contributed by atoms with Gasteiger partial charge in [0.25, 0.3) is 5.91 Å². The van der Waals surface area contributed by atoms with Gasteiger partial charge in [-0.1, -0.05) is 6.92 Å². The zero-order chi connectivity index (χ0) is 14.9. The third kappa shape index (κ3) is 2.51. The molecule has 108 valence electrons. The van der Waals surface area contributed by atoms with E-state index in [1.54, 1.807) is 37.1 Å². The van der Waals surface area contributed by atoms with Gasteiger partial charge < -0.3 is 10.0 Å². The Morgan fingerprint density at radius 2 is 2.15 bits per heavy atom. The summed E-state index contributed by atoms with van der Waals surface area (Å²) in [6, 6.07) is 3.49. The molecule has 2 amide bonds. The topological polar surface area (TPSA) is 82.5 Å². The molecule has 1 saturated heterocycles. The van der Waals surface area contributed by atoms with Crippen LogP contribution in [0.3, 0.4) is 0 Å². The first-order valence-corrected chi connectivity index (χ1v) is 6.62. The van der Waals surface area contributed by atoms with E-state index in [1.807, 2.05) is 6.92 Å². The van der Waals surface area contributed by atoms with Crippen molar-refractivity contribution in [3.05, 3.63) is 24.0 Å². The lowest BCUT2D eigenvalue weighted by Gasteiger charge is -2.41. The van der Waals surface area contributed by atoms with Crippen molar-refractivity contribution in [2.75, 3.05) is 11.4 Å². The molecule has 6 heteroatoms. The predicted octanol–water partition coefficient (Wildman–Crippen LogP) is 0.766. The van der Waals surface area contributed by atoms with Crippen molar-refractivity contribution in [3.8, 4) is 0 Å². The molecule has 0 saturated carbocycles. The minimum atomic E-state index is -0.819. The van der Waals surface area contributed by atoms with Crippen molar-refractivity contribution in [3.63, 3.8) is 0 Å². The third-order valence-corrected chi connectivity index (χ3v) is 3.60. The Hall–Kier alpha value is -1.95. The number of aliphatic hydroxyl groups is 1. The second-order valence-corrected chi connectivity index (χ2v) is 5.39. The number of carbonyl (C=O) groups excluding carboxylic acids is 2. The number of piperazine rings is 1. The molecular weight excluding hydrogens is 258 g/mol. The van der Waals surface area contributed by atoms with E-state index in [0.29, 0.717) is 17.8 Å². The van der Waals surface area contributed by atoms with E-state index in [9.17, 15) is 14.7 Å². The minimum Gasteiger partial charge on any atom is -0.387 e. The van der Waals surface area contributed by atoms with Crippen LogP contribution in [0.5, 0.6) is 0 Å². The summed E-state index contributed by atoms with van der Waals surface area (Å²) in [5.74, 6) is -0.654. The Labute approximate surface area is 117 Å². The zero-order valence-electron chi connectivity index (χ0n) is 11.9. The summed E-state index contributed by atoms with van der Waals surface area (Å²) in [6.07, 6.45) is 1.58. The molecule has 1 aromatic heterocycles. The first-order valence-electron chi connectivity index (χ1n) is 6.62. The second kappa shape index (κ2) is 5.20. The zero-order valence-corrected chi connectivity index (χ0v) is 11.9. The van der Waals surface area contributed by atoms with E-state index < -0.39 is 11.6 Å². The molecule has 0 spiro atoms. The molecule has 2 heterocycles. The number of hydrogen-bond acceptors (Lipinski definition) is 5. The average molecular weight is 277 g/mol. The Morgan fingerprint density at radius 1 is 1.45 bits per heavy atom. The van der Waals surface area contributed by atoms with Gasteiger partial charge in [0.1, 0.15) is 5.54 Å². The molecule has 20 heavy (non-hydrogen) atoms. The molecule has 1 aliphatic heterocycles. The number of amides is 2. The van der Waals surface area contributed by atoms with Gasteiger partial charge in [-0.2, -0.15) is 0 Å². The van der Waals surface area contributed by atoms with Crippen molar-refractivity contribution in [2.24, 2.45) is 0 Å². The highest BCUT2D eigenvalue weighted by atomic mass is 16.3. The summed E-state index contributed by atoms with van der Waals surface area (Å²) in [4.78, 5) is 29.3. The van der Waals surface area contributed by atoms with Gasteiger partial charge >= 0.3 is 0 Å². The molecule has 0 unspecified atom stereocenters. The minimum absolute atomic E-state index is 0.107. The lowest BCUT2D eigenvalue weighted by Crippen LogP contribution is -2.64. The molecule has 0 radical (unpaired) electrons. The fourth-order valence-electron chi connectivity index (χ4n) is 2.16. The highest BCUT2D eigenvalue weighted by molar-refractivity contribution is 6.06. The van der Waals surface area contributed by atoms with Gasteiger partial charge in [0, 0.05) is 0 Å². The van der Waals surface area contributed by atoms with E-state index >= 15 is 0 Å². The van der Waals surface area contributed by atoms with Crippen LogP contribution in [-0.4, -0.2) is 34.0 Å².